The summed E-state index contributed by atoms with van der Waals surface area (Å²) in [5.74, 6) is 0.210. The van der Waals surface area contributed by atoms with Gasteiger partial charge < -0.3 is 20.9 Å². The Labute approximate surface area is 283 Å². The van der Waals surface area contributed by atoms with Crippen molar-refractivity contribution in [3.8, 4) is 0 Å². The fraction of sp³-hybridized carbons (Fsp3) is 0.268. The Morgan fingerprint density at radius 3 is 2.26 bits per heavy atom. The van der Waals surface area contributed by atoms with Gasteiger partial charge in [-0.15, -0.1) is 0 Å². The molecule has 0 amide bonds. The average Bonchev–Trinajstić information content (AvgIpc) is 3.11. The summed E-state index contributed by atoms with van der Waals surface area (Å²) in [7, 11) is 0. The van der Waals surface area contributed by atoms with Gasteiger partial charge in [0.15, 0.2) is 0 Å². The molecule has 6 heteroatoms. The highest BCUT2D eigenvalue weighted by Crippen LogP contribution is 2.50. The van der Waals surface area contributed by atoms with Crippen molar-refractivity contribution in [2.24, 2.45) is 5.73 Å². The molecule has 0 saturated heterocycles. The number of benzene rings is 5. The van der Waals surface area contributed by atoms with Crippen LogP contribution in [0.4, 0.5) is 28.4 Å². The second kappa shape index (κ2) is 12.5. The van der Waals surface area contributed by atoms with Gasteiger partial charge in [-0.3, -0.25) is 0 Å². The molecule has 3 aliphatic rings. The van der Waals surface area contributed by atoms with E-state index in [0.717, 1.165) is 19.4 Å². The monoisotopic (exact) mass is 634 g/mol. The van der Waals surface area contributed by atoms with Gasteiger partial charge in [0.2, 0.25) is 0 Å². The summed E-state index contributed by atoms with van der Waals surface area (Å²) >= 11 is 1.95. The smallest absolute Gasteiger partial charge is 0.279 e. The Morgan fingerprint density at radius 2 is 1.53 bits per heavy atom. The van der Waals surface area contributed by atoms with E-state index >= 15 is 0 Å². The molecule has 47 heavy (non-hydrogen) atoms. The second-order valence-corrected chi connectivity index (χ2v) is 14.2. The van der Waals surface area contributed by atoms with Crippen LogP contribution in [-0.2, 0) is 0 Å². The minimum absolute atomic E-state index is 0.0636. The summed E-state index contributed by atoms with van der Waals surface area (Å²) < 4.78 is 0. The average molecular weight is 635 g/mol. The van der Waals surface area contributed by atoms with Crippen LogP contribution >= 0.6 is 11.6 Å². The van der Waals surface area contributed by atoms with Gasteiger partial charge in [0.05, 0.1) is 23.5 Å². The van der Waals surface area contributed by atoms with E-state index in [1.54, 1.807) is 0 Å². The molecule has 1 aliphatic carbocycles. The third-order valence-electron chi connectivity index (χ3n) is 10.3. The number of nitrogens with one attached hydrogen (secondary N) is 1. The fourth-order valence-corrected chi connectivity index (χ4v) is 8.97. The van der Waals surface area contributed by atoms with Crippen LogP contribution in [-0.4, -0.2) is 30.9 Å². The standard InChI is InChI=1S/C41H43BN4S/c1-4-6-22-44-31-18-21-36-34(26-31)42(47-3)40-33-15-10-9-14-30(33)25-39-41(40)46(36)38-24-29-13-8-7-12-28(29)23-37(38)45(39)32-19-16-27(17-20-32)35(43)11-5-2/h7-10,12-21,23-26,35,37-38,44H,4-6,11,22,43H2,1-3H3. The fourth-order valence-electron chi connectivity index (χ4n) is 8.05. The van der Waals surface area contributed by atoms with Crippen molar-refractivity contribution in [1.82, 2.24) is 0 Å². The number of rotatable bonds is 9. The Hall–Kier alpha value is -4.13. The van der Waals surface area contributed by atoms with Crippen molar-refractivity contribution in [3.05, 3.63) is 113 Å². The maximum Gasteiger partial charge on any atom is 0.279 e. The zero-order valence-corrected chi connectivity index (χ0v) is 28.4. The SMILES string of the molecule is CCCCNc1ccc2c(c1)B(SC)c1c3c(cc4ccccc14)N(c1ccc(C(N)CCC)cc1)C1C=c4ccccc4=CC1N23. The first kappa shape index (κ1) is 30.2. The van der Waals surface area contributed by atoms with E-state index < -0.39 is 0 Å². The predicted molar refractivity (Wildman–Crippen MR) is 207 cm³/mol. The summed E-state index contributed by atoms with van der Waals surface area (Å²) in [4.78, 5) is 5.28. The lowest BCUT2D eigenvalue weighted by molar-refractivity contribution is 0.638. The molecular weight excluding hydrogens is 591 g/mol. The molecule has 236 valence electrons. The van der Waals surface area contributed by atoms with Crippen molar-refractivity contribution in [3.63, 3.8) is 0 Å². The number of anilines is 5. The Balaban J connectivity index is 1.40. The molecule has 0 radical (unpaired) electrons. The minimum Gasteiger partial charge on any atom is -0.385 e. The quantitative estimate of drug-likeness (QED) is 0.136. The maximum atomic E-state index is 6.58. The van der Waals surface area contributed by atoms with Gasteiger partial charge in [-0.25, -0.2) is 11.6 Å². The predicted octanol–water partition coefficient (Wildman–Crippen LogP) is 6.94. The normalized spacial score (nSPS) is 18.0. The second-order valence-electron chi connectivity index (χ2n) is 13.2. The summed E-state index contributed by atoms with van der Waals surface area (Å²) in [5, 5.41) is 8.93. The number of fused-ring (bicyclic) bond motifs is 7. The molecule has 2 heterocycles. The largest absolute Gasteiger partial charge is 0.385 e. The highest BCUT2D eigenvalue weighted by molar-refractivity contribution is 8.27. The zero-order valence-electron chi connectivity index (χ0n) is 27.6. The molecule has 0 fully saturated rings. The summed E-state index contributed by atoms with van der Waals surface area (Å²) in [6.07, 6.45) is 11.7. The molecule has 3 unspecified atom stereocenters. The van der Waals surface area contributed by atoms with Gasteiger partial charge in [0.25, 0.3) is 5.99 Å². The van der Waals surface area contributed by atoms with Crippen LogP contribution in [0, 0.1) is 0 Å². The van der Waals surface area contributed by atoms with Crippen molar-refractivity contribution >= 4 is 79.9 Å². The van der Waals surface area contributed by atoms with E-state index in [4.69, 9.17) is 5.73 Å². The molecule has 4 nitrogen and oxygen atoms in total. The Bertz CT molecular complexity index is 2080. The first-order valence-corrected chi connectivity index (χ1v) is 18.6. The molecule has 3 atom stereocenters. The molecule has 0 bridgehead atoms. The summed E-state index contributed by atoms with van der Waals surface area (Å²) in [6, 6.07) is 36.7. The Morgan fingerprint density at radius 1 is 0.809 bits per heavy atom. The summed E-state index contributed by atoms with van der Waals surface area (Å²) in [6.45, 7) is 5.45. The van der Waals surface area contributed by atoms with Gasteiger partial charge >= 0.3 is 0 Å². The van der Waals surface area contributed by atoms with E-state index in [0.29, 0.717) is 0 Å². The van der Waals surface area contributed by atoms with E-state index in [-0.39, 0.29) is 24.1 Å². The maximum absolute atomic E-state index is 6.58. The van der Waals surface area contributed by atoms with Gasteiger partial charge in [-0.1, -0.05) is 99.5 Å². The van der Waals surface area contributed by atoms with Crippen LogP contribution in [0.2, 0.25) is 0 Å². The van der Waals surface area contributed by atoms with Crippen molar-refractivity contribution in [2.45, 2.75) is 57.7 Å². The van der Waals surface area contributed by atoms with Gasteiger partial charge in [0.1, 0.15) is 0 Å². The lowest BCUT2D eigenvalue weighted by atomic mass is 9.56. The molecular formula is C41H43BN4S. The highest BCUT2D eigenvalue weighted by atomic mass is 32.2. The number of nitrogens with two attached hydrogens (primary N) is 1. The van der Waals surface area contributed by atoms with Gasteiger partial charge in [-0.05, 0) is 93.2 Å². The van der Waals surface area contributed by atoms with E-state index in [2.05, 4.69) is 144 Å². The van der Waals surface area contributed by atoms with Crippen LogP contribution in [0.15, 0.2) is 97.1 Å². The van der Waals surface area contributed by atoms with Crippen molar-refractivity contribution in [2.75, 3.05) is 27.9 Å². The number of nitrogens with zero attached hydrogens (tertiary/aromatic N) is 2. The molecule has 5 aromatic rings. The van der Waals surface area contributed by atoms with Crippen LogP contribution in [0.5, 0.6) is 0 Å². The van der Waals surface area contributed by atoms with E-state index in [1.165, 1.54) is 79.0 Å². The molecule has 8 rings (SSSR count). The molecule has 0 spiro atoms. The van der Waals surface area contributed by atoms with Crippen LogP contribution < -0.4 is 42.2 Å². The van der Waals surface area contributed by atoms with Gasteiger partial charge in [0, 0.05) is 29.6 Å². The van der Waals surface area contributed by atoms with Crippen molar-refractivity contribution in [1.29, 1.82) is 0 Å². The van der Waals surface area contributed by atoms with E-state index in [9.17, 15) is 0 Å². The Kier molecular flexibility index (Phi) is 8.02. The minimum atomic E-state index is 0.0636. The van der Waals surface area contributed by atoms with Crippen LogP contribution in [0.25, 0.3) is 22.9 Å². The third-order valence-corrected chi connectivity index (χ3v) is 11.3. The lowest BCUT2D eigenvalue weighted by Crippen LogP contribution is -2.61. The molecule has 3 N–H and O–H groups in total. The van der Waals surface area contributed by atoms with Gasteiger partial charge in [-0.2, -0.15) is 0 Å². The number of hydrogen-bond donors (Lipinski definition) is 2. The molecule has 0 aromatic heterocycles. The highest BCUT2D eigenvalue weighted by Gasteiger charge is 2.46. The zero-order chi connectivity index (χ0) is 32.1. The van der Waals surface area contributed by atoms with Crippen LogP contribution in [0.1, 0.15) is 51.1 Å². The third kappa shape index (κ3) is 5.05. The molecule has 0 saturated carbocycles. The lowest BCUT2D eigenvalue weighted by Gasteiger charge is -2.52. The summed E-state index contributed by atoms with van der Waals surface area (Å²) in [5.41, 5.74) is 16.9. The number of unbranched alkanes of at least 4 members (excludes halogenated alkanes) is 1. The van der Waals surface area contributed by atoms with E-state index in [1.807, 2.05) is 11.6 Å². The molecule has 2 aliphatic heterocycles. The first-order valence-electron chi connectivity index (χ1n) is 17.3. The number of hydrogen-bond acceptors (Lipinski definition) is 5. The van der Waals surface area contributed by atoms with Crippen LogP contribution in [0.3, 0.4) is 0 Å². The van der Waals surface area contributed by atoms with Crippen molar-refractivity contribution < 1.29 is 0 Å². The first-order chi connectivity index (χ1) is 23.1. The topological polar surface area (TPSA) is 44.5 Å². The molecule has 5 aromatic carbocycles.